The van der Waals surface area contributed by atoms with Crippen LogP contribution in [0.4, 0.5) is 0 Å². The van der Waals surface area contributed by atoms with E-state index < -0.39 is 18.3 Å². The fourth-order valence-corrected chi connectivity index (χ4v) is 4.18. The minimum absolute atomic E-state index is 0.353. The number of nitrogens with zero attached hydrogens (tertiary/aromatic N) is 3. The average molecular weight is 520 g/mol. The minimum atomic E-state index is -0.528. The molecule has 0 aromatic heterocycles. The van der Waals surface area contributed by atoms with Crippen LogP contribution in [0.3, 0.4) is 0 Å². The van der Waals surface area contributed by atoms with E-state index in [1.807, 2.05) is 0 Å². The van der Waals surface area contributed by atoms with Crippen LogP contribution >= 0.6 is 0 Å². The number of β-amino-alcohol motifs (C(OH)–C–C–N with tert-alkyl or cyclic N) is 3. The summed E-state index contributed by atoms with van der Waals surface area (Å²) >= 11 is 0. The molecule has 216 valence electrons. The molecule has 0 aliphatic carbocycles. The third kappa shape index (κ3) is 18.0. The molecule has 0 saturated carbocycles. The van der Waals surface area contributed by atoms with Crippen LogP contribution in [0.5, 0.6) is 0 Å². The molecular formula is C27H57N3O6. The van der Waals surface area contributed by atoms with Gasteiger partial charge in [-0.1, -0.05) is 40.0 Å². The Kier molecular flexibility index (Phi) is 21.1. The summed E-state index contributed by atoms with van der Waals surface area (Å²) in [6.07, 6.45) is 4.69. The van der Waals surface area contributed by atoms with Crippen LogP contribution in [0.2, 0.25) is 0 Å². The van der Waals surface area contributed by atoms with Crippen LogP contribution in [-0.2, 0) is 14.2 Å². The Morgan fingerprint density at radius 2 is 0.750 bits per heavy atom. The van der Waals surface area contributed by atoms with E-state index in [2.05, 4.69) is 35.5 Å². The standard InChI is InChI=1S/C27H57N3O6/c1-4-7-16-34-22-25(31)19-28-10-12-29(20-26(32)23-35-17-8-5-2)14-15-30(13-11-28)21-27(33)24-36-18-9-6-3/h25-27,31-33H,4-24H2,1-3H3. The van der Waals surface area contributed by atoms with Crippen LogP contribution in [0.1, 0.15) is 59.3 Å². The zero-order valence-electron chi connectivity index (χ0n) is 23.5. The number of rotatable bonds is 21. The van der Waals surface area contributed by atoms with Crippen molar-refractivity contribution in [1.29, 1.82) is 0 Å². The topological polar surface area (TPSA) is 98.1 Å². The van der Waals surface area contributed by atoms with Crippen molar-refractivity contribution in [3.63, 3.8) is 0 Å². The molecule has 36 heavy (non-hydrogen) atoms. The van der Waals surface area contributed by atoms with E-state index in [0.29, 0.717) is 59.3 Å². The summed E-state index contributed by atoms with van der Waals surface area (Å²) in [6.45, 7) is 16.0. The second-order valence-electron chi connectivity index (χ2n) is 10.1. The summed E-state index contributed by atoms with van der Waals surface area (Å²) in [5, 5.41) is 31.6. The minimum Gasteiger partial charge on any atom is -0.389 e. The molecule has 1 fully saturated rings. The Balaban J connectivity index is 2.63. The first-order valence-electron chi connectivity index (χ1n) is 14.4. The van der Waals surface area contributed by atoms with Crippen molar-refractivity contribution in [3.8, 4) is 0 Å². The van der Waals surface area contributed by atoms with Crippen molar-refractivity contribution >= 4 is 0 Å². The molecule has 9 heteroatoms. The predicted molar refractivity (Wildman–Crippen MR) is 145 cm³/mol. The van der Waals surface area contributed by atoms with Crippen LogP contribution < -0.4 is 0 Å². The van der Waals surface area contributed by atoms with Crippen LogP contribution in [-0.4, -0.2) is 147 Å². The molecule has 0 amide bonds. The summed E-state index contributed by atoms with van der Waals surface area (Å²) in [7, 11) is 0. The number of unbranched alkanes of at least 4 members (excludes halogenated alkanes) is 3. The van der Waals surface area contributed by atoms with Gasteiger partial charge in [-0.3, -0.25) is 14.7 Å². The van der Waals surface area contributed by atoms with Crippen molar-refractivity contribution in [3.05, 3.63) is 0 Å². The summed E-state index contributed by atoms with van der Waals surface area (Å²) in [6, 6.07) is 0. The highest BCUT2D eigenvalue weighted by molar-refractivity contribution is 4.76. The van der Waals surface area contributed by atoms with Crippen LogP contribution in [0, 0.1) is 0 Å². The highest BCUT2D eigenvalue weighted by Crippen LogP contribution is 2.06. The van der Waals surface area contributed by atoms with Gasteiger partial charge < -0.3 is 29.5 Å². The normalized spacial score (nSPS) is 19.5. The van der Waals surface area contributed by atoms with Crippen LogP contribution in [0.25, 0.3) is 0 Å². The molecule has 3 atom stereocenters. The quantitative estimate of drug-likeness (QED) is 0.195. The fourth-order valence-electron chi connectivity index (χ4n) is 4.18. The van der Waals surface area contributed by atoms with E-state index >= 15 is 0 Å². The van der Waals surface area contributed by atoms with Gasteiger partial charge in [0.05, 0.1) is 38.1 Å². The molecule has 0 bridgehead atoms. The van der Waals surface area contributed by atoms with Crippen LogP contribution in [0.15, 0.2) is 0 Å². The van der Waals surface area contributed by atoms with Crippen molar-refractivity contribution in [1.82, 2.24) is 14.7 Å². The molecule has 9 nitrogen and oxygen atoms in total. The first-order chi connectivity index (χ1) is 17.5. The molecule has 3 unspecified atom stereocenters. The summed E-state index contributed by atoms with van der Waals surface area (Å²) in [4.78, 5) is 6.81. The van der Waals surface area contributed by atoms with Gasteiger partial charge in [-0.15, -0.1) is 0 Å². The maximum atomic E-state index is 10.5. The van der Waals surface area contributed by atoms with E-state index in [0.717, 1.165) is 77.8 Å². The summed E-state index contributed by atoms with van der Waals surface area (Å²) in [5.74, 6) is 0. The Labute approximate surface area is 220 Å². The average Bonchev–Trinajstić information content (AvgIpc) is 2.94. The largest absolute Gasteiger partial charge is 0.389 e. The van der Waals surface area contributed by atoms with E-state index in [-0.39, 0.29) is 0 Å². The molecule has 0 aromatic rings. The lowest BCUT2D eigenvalue weighted by molar-refractivity contribution is 0.00783. The fraction of sp³-hybridized carbons (Fsp3) is 1.00. The molecule has 1 saturated heterocycles. The Hall–Kier alpha value is -0.360. The van der Waals surface area contributed by atoms with E-state index in [1.54, 1.807) is 0 Å². The molecule has 1 aliphatic rings. The lowest BCUT2D eigenvalue weighted by Crippen LogP contribution is -2.43. The summed E-state index contributed by atoms with van der Waals surface area (Å²) in [5.41, 5.74) is 0. The predicted octanol–water partition coefficient (Wildman–Crippen LogP) is 1.44. The number of hydrogen-bond donors (Lipinski definition) is 3. The molecule has 1 rings (SSSR count). The lowest BCUT2D eigenvalue weighted by Gasteiger charge is -2.28. The van der Waals surface area contributed by atoms with Gasteiger partial charge in [0.25, 0.3) is 0 Å². The zero-order chi connectivity index (χ0) is 26.4. The molecule has 0 radical (unpaired) electrons. The third-order valence-corrected chi connectivity index (χ3v) is 6.46. The third-order valence-electron chi connectivity index (χ3n) is 6.46. The second kappa shape index (κ2) is 22.6. The van der Waals surface area contributed by atoms with Crippen molar-refractivity contribution in [2.24, 2.45) is 0 Å². The van der Waals surface area contributed by atoms with Gasteiger partial charge in [-0.2, -0.15) is 0 Å². The highest BCUT2D eigenvalue weighted by Gasteiger charge is 2.21. The van der Waals surface area contributed by atoms with Gasteiger partial charge in [0, 0.05) is 78.7 Å². The molecule has 1 aliphatic heterocycles. The van der Waals surface area contributed by atoms with Gasteiger partial charge in [0.2, 0.25) is 0 Å². The van der Waals surface area contributed by atoms with Gasteiger partial charge in [0.15, 0.2) is 0 Å². The first-order valence-corrected chi connectivity index (χ1v) is 14.4. The van der Waals surface area contributed by atoms with Crippen molar-refractivity contribution < 1.29 is 29.5 Å². The number of aliphatic hydroxyl groups excluding tert-OH is 3. The summed E-state index contributed by atoms with van der Waals surface area (Å²) < 4.78 is 16.9. The molecule has 1 heterocycles. The maximum Gasteiger partial charge on any atom is 0.0900 e. The highest BCUT2D eigenvalue weighted by atomic mass is 16.5. The van der Waals surface area contributed by atoms with Gasteiger partial charge in [-0.25, -0.2) is 0 Å². The molecule has 3 N–H and O–H groups in total. The Morgan fingerprint density at radius 1 is 0.500 bits per heavy atom. The number of aliphatic hydroxyl groups is 3. The van der Waals surface area contributed by atoms with E-state index in [1.165, 1.54) is 0 Å². The number of hydrogen-bond acceptors (Lipinski definition) is 9. The first kappa shape index (κ1) is 33.7. The maximum absolute atomic E-state index is 10.5. The molecule has 0 spiro atoms. The second-order valence-corrected chi connectivity index (χ2v) is 10.1. The van der Waals surface area contributed by atoms with Gasteiger partial charge in [-0.05, 0) is 19.3 Å². The smallest absolute Gasteiger partial charge is 0.0900 e. The lowest BCUT2D eigenvalue weighted by atomic mass is 10.3. The van der Waals surface area contributed by atoms with Gasteiger partial charge >= 0.3 is 0 Å². The molecule has 0 aromatic carbocycles. The van der Waals surface area contributed by atoms with E-state index in [4.69, 9.17) is 14.2 Å². The van der Waals surface area contributed by atoms with Gasteiger partial charge in [0.1, 0.15) is 0 Å². The molecular weight excluding hydrogens is 462 g/mol. The zero-order valence-corrected chi connectivity index (χ0v) is 23.5. The number of ether oxygens (including phenoxy) is 3. The van der Waals surface area contributed by atoms with Crippen molar-refractivity contribution in [2.45, 2.75) is 77.6 Å². The van der Waals surface area contributed by atoms with Crippen molar-refractivity contribution in [2.75, 3.05) is 98.5 Å². The Morgan fingerprint density at radius 3 is 0.972 bits per heavy atom. The Bertz CT molecular complexity index is 412. The monoisotopic (exact) mass is 519 g/mol. The SMILES string of the molecule is CCCCOCC(O)CN1CCN(CC(O)COCCCC)CCN(CC(O)COCCCC)CC1. The van der Waals surface area contributed by atoms with E-state index in [9.17, 15) is 15.3 Å².